The van der Waals surface area contributed by atoms with E-state index in [0.717, 1.165) is 28.1 Å². The van der Waals surface area contributed by atoms with E-state index in [1.54, 1.807) is 24.6 Å². The fourth-order valence-electron chi connectivity index (χ4n) is 3.77. The van der Waals surface area contributed by atoms with Crippen molar-refractivity contribution in [1.29, 1.82) is 0 Å². The summed E-state index contributed by atoms with van der Waals surface area (Å²) in [6.45, 7) is 7.39. The number of benzene rings is 3. The molecule has 35 heavy (non-hydrogen) atoms. The van der Waals surface area contributed by atoms with Gasteiger partial charge in [-0.2, -0.15) is 5.10 Å². The van der Waals surface area contributed by atoms with Crippen LogP contribution in [0.2, 0.25) is 5.02 Å². The molecule has 1 heterocycles. The molecule has 0 bridgehead atoms. The van der Waals surface area contributed by atoms with Gasteiger partial charge < -0.3 is 9.84 Å². The van der Waals surface area contributed by atoms with Gasteiger partial charge in [-0.1, -0.05) is 74.0 Å². The van der Waals surface area contributed by atoms with Crippen molar-refractivity contribution >= 4 is 17.6 Å². The van der Waals surface area contributed by atoms with Gasteiger partial charge in [0, 0.05) is 12.0 Å². The summed E-state index contributed by atoms with van der Waals surface area (Å²) >= 11 is 6.47. The molecule has 0 fully saturated rings. The Kier molecular flexibility index (Phi) is 7.10. The summed E-state index contributed by atoms with van der Waals surface area (Å²) < 4.78 is 7.27. The maximum Gasteiger partial charge on any atom is 0.311 e. The van der Waals surface area contributed by atoms with Gasteiger partial charge in [-0.3, -0.25) is 4.79 Å². The van der Waals surface area contributed by atoms with E-state index in [1.807, 2.05) is 86.6 Å². The lowest BCUT2D eigenvalue weighted by Crippen LogP contribution is -2.16. The zero-order valence-electron chi connectivity index (χ0n) is 20.3. The Bertz CT molecular complexity index is 1330. The number of halogens is 1. The van der Waals surface area contributed by atoms with E-state index >= 15 is 0 Å². The Morgan fingerprint density at radius 1 is 0.971 bits per heavy atom. The standard InChI is InChI=1S/C29H29ClN2O3/c1-19(2)16-28(33)35-23-9-7-8-22(17-23)20-12-14-21(15-13-20)26-18-27(29(3,4)34)31-32(26)25-11-6-5-10-24(25)30/h5-15,17-19,34H,16H2,1-4H3. The largest absolute Gasteiger partial charge is 0.427 e. The van der Waals surface area contributed by atoms with Crippen LogP contribution >= 0.6 is 11.6 Å². The van der Waals surface area contributed by atoms with Gasteiger partial charge in [-0.25, -0.2) is 4.68 Å². The predicted octanol–water partition coefficient (Wildman–Crippen LogP) is 7.04. The van der Waals surface area contributed by atoms with E-state index in [9.17, 15) is 9.90 Å². The lowest BCUT2D eigenvalue weighted by Gasteiger charge is -2.13. The molecule has 0 aliphatic rings. The van der Waals surface area contributed by atoms with Gasteiger partial charge >= 0.3 is 5.97 Å². The summed E-state index contributed by atoms with van der Waals surface area (Å²) in [5, 5.41) is 15.8. The molecule has 0 aliphatic heterocycles. The zero-order chi connectivity index (χ0) is 25.2. The fraction of sp³-hybridized carbons (Fsp3) is 0.241. The summed E-state index contributed by atoms with van der Waals surface area (Å²) in [5.41, 5.74) is 3.86. The van der Waals surface area contributed by atoms with Crippen LogP contribution in [0.15, 0.2) is 78.9 Å². The van der Waals surface area contributed by atoms with E-state index in [-0.39, 0.29) is 11.9 Å². The molecule has 4 rings (SSSR count). The zero-order valence-corrected chi connectivity index (χ0v) is 21.1. The molecule has 1 N–H and O–H groups in total. The van der Waals surface area contributed by atoms with Crippen molar-refractivity contribution in [2.45, 2.75) is 39.7 Å². The molecule has 0 saturated heterocycles. The van der Waals surface area contributed by atoms with Gasteiger partial charge in [0.15, 0.2) is 0 Å². The minimum Gasteiger partial charge on any atom is -0.427 e. The maximum absolute atomic E-state index is 12.1. The van der Waals surface area contributed by atoms with Gasteiger partial charge in [-0.15, -0.1) is 0 Å². The molecule has 6 heteroatoms. The molecule has 0 saturated carbocycles. The number of aliphatic hydroxyl groups is 1. The Balaban J connectivity index is 1.67. The molecule has 5 nitrogen and oxygen atoms in total. The number of para-hydroxylation sites is 1. The minimum absolute atomic E-state index is 0.233. The first-order valence-corrected chi connectivity index (χ1v) is 12.0. The molecule has 0 radical (unpaired) electrons. The van der Waals surface area contributed by atoms with Crippen molar-refractivity contribution in [2.75, 3.05) is 0 Å². The van der Waals surface area contributed by atoms with Gasteiger partial charge in [-0.05, 0) is 61.2 Å². The fourth-order valence-corrected chi connectivity index (χ4v) is 3.99. The average molecular weight is 489 g/mol. The van der Waals surface area contributed by atoms with Gasteiger partial charge in [0.05, 0.1) is 22.1 Å². The summed E-state index contributed by atoms with van der Waals surface area (Å²) in [6, 6.07) is 24.9. The van der Waals surface area contributed by atoms with Crippen LogP contribution in [0.25, 0.3) is 28.1 Å². The average Bonchev–Trinajstić information content (AvgIpc) is 3.25. The Morgan fingerprint density at radius 3 is 2.31 bits per heavy atom. The molecule has 0 unspecified atom stereocenters. The van der Waals surface area contributed by atoms with Crippen LogP contribution in [-0.2, 0) is 10.4 Å². The van der Waals surface area contributed by atoms with Crippen molar-refractivity contribution < 1.29 is 14.6 Å². The van der Waals surface area contributed by atoms with E-state index in [2.05, 4.69) is 5.10 Å². The van der Waals surface area contributed by atoms with Crippen molar-refractivity contribution in [3.63, 3.8) is 0 Å². The van der Waals surface area contributed by atoms with Crippen LogP contribution in [-0.4, -0.2) is 20.9 Å². The normalized spacial score (nSPS) is 11.6. The number of carbonyl (C=O) groups excluding carboxylic acids is 1. The second-order valence-electron chi connectivity index (χ2n) is 9.51. The highest BCUT2D eigenvalue weighted by molar-refractivity contribution is 6.32. The molecule has 3 aromatic carbocycles. The summed E-state index contributed by atoms with van der Waals surface area (Å²) in [6.07, 6.45) is 0.380. The highest BCUT2D eigenvalue weighted by atomic mass is 35.5. The second-order valence-corrected chi connectivity index (χ2v) is 9.92. The second kappa shape index (κ2) is 10.1. The number of hydrogen-bond acceptors (Lipinski definition) is 4. The van der Waals surface area contributed by atoms with Crippen LogP contribution in [0, 0.1) is 5.92 Å². The highest BCUT2D eigenvalue weighted by Gasteiger charge is 2.23. The lowest BCUT2D eigenvalue weighted by molar-refractivity contribution is -0.135. The van der Waals surface area contributed by atoms with E-state index in [1.165, 1.54) is 0 Å². The maximum atomic E-state index is 12.1. The third-order valence-electron chi connectivity index (χ3n) is 5.57. The molecule has 0 amide bonds. The number of ether oxygens (including phenoxy) is 1. The van der Waals surface area contributed by atoms with Gasteiger partial charge in [0.25, 0.3) is 0 Å². The molecular formula is C29H29ClN2O3. The van der Waals surface area contributed by atoms with Crippen LogP contribution in [0.5, 0.6) is 5.75 Å². The molecule has 180 valence electrons. The molecular weight excluding hydrogens is 460 g/mol. The first kappa shape index (κ1) is 24.7. The van der Waals surface area contributed by atoms with Gasteiger partial charge in [0.1, 0.15) is 11.4 Å². The molecule has 4 aromatic rings. The molecule has 1 aromatic heterocycles. The monoisotopic (exact) mass is 488 g/mol. The Morgan fingerprint density at radius 2 is 1.66 bits per heavy atom. The third kappa shape index (κ3) is 5.81. The summed E-state index contributed by atoms with van der Waals surface area (Å²) in [4.78, 5) is 12.1. The number of aromatic nitrogens is 2. The summed E-state index contributed by atoms with van der Waals surface area (Å²) in [7, 11) is 0. The van der Waals surface area contributed by atoms with Crippen LogP contribution in [0.4, 0.5) is 0 Å². The number of hydrogen-bond donors (Lipinski definition) is 1. The van der Waals surface area contributed by atoms with E-state index < -0.39 is 5.60 Å². The van der Waals surface area contributed by atoms with Crippen LogP contribution < -0.4 is 4.74 Å². The first-order valence-electron chi connectivity index (χ1n) is 11.6. The first-order chi connectivity index (χ1) is 16.6. The molecule has 0 atom stereocenters. The number of rotatable bonds is 7. The van der Waals surface area contributed by atoms with Crippen LogP contribution in [0.1, 0.15) is 39.8 Å². The smallest absolute Gasteiger partial charge is 0.311 e. The number of carbonyl (C=O) groups is 1. The molecule has 0 spiro atoms. The minimum atomic E-state index is -1.10. The number of esters is 1. The van der Waals surface area contributed by atoms with E-state index in [4.69, 9.17) is 16.3 Å². The Labute approximate surface area is 211 Å². The van der Waals surface area contributed by atoms with E-state index in [0.29, 0.717) is 22.9 Å². The number of nitrogens with zero attached hydrogens (tertiary/aromatic N) is 2. The third-order valence-corrected chi connectivity index (χ3v) is 5.89. The quantitative estimate of drug-likeness (QED) is 0.224. The van der Waals surface area contributed by atoms with Crippen molar-refractivity contribution in [1.82, 2.24) is 9.78 Å². The topological polar surface area (TPSA) is 64.3 Å². The SMILES string of the molecule is CC(C)CC(=O)Oc1cccc(-c2ccc(-c3cc(C(C)(C)O)nn3-c3ccccc3Cl)cc2)c1. The van der Waals surface area contributed by atoms with Crippen molar-refractivity contribution in [3.05, 3.63) is 89.6 Å². The summed E-state index contributed by atoms with van der Waals surface area (Å²) in [5.74, 6) is 0.543. The lowest BCUT2D eigenvalue weighted by atomic mass is 10.0. The van der Waals surface area contributed by atoms with Crippen molar-refractivity contribution in [3.8, 4) is 33.8 Å². The van der Waals surface area contributed by atoms with Crippen LogP contribution in [0.3, 0.4) is 0 Å². The van der Waals surface area contributed by atoms with Crippen molar-refractivity contribution in [2.24, 2.45) is 5.92 Å². The molecule has 0 aliphatic carbocycles. The Hall–Kier alpha value is -3.41. The predicted molar refractivity (Wildman–Crippen MR) is 140 cm³/mol. The van der Waals surface area contributed by atoms with Gasteiger partial charge in [0.2, 0.25) is 0 Å². The highest BCUT2D eigenvalue weighted by Crippen LogP contribution is 2.33.